The van der Waals surface area contributed by atoms with E-state index < -0.39 is 35.0 Å². The lowest BCUT2D eigenvalue weighted by Crippen LogP contribution is -2.49. The topological polar surface area (TPSA) is 136 Å². The van der Waals surface area contributed by atoms with Gasteiger partial charge in [-0.2, -0.15) is 0 Å². The van der Waals surface area contributed by atoms with Crippen LogP contribution in [-0.4, -0.2) is 45.6 Å². The van der Waals surface area contributed by atoms with E-state index in [-0.39, 0.29) is 10.9 Å². The summed E-state index contributed by atoms with van der Waals surface area (Å²) in [4.78, 5) is 49.8. The quantitative estimate of drug-likeness (QED) is 0.491. The standard InChI is InChI=1S/C15H18N2O7S/c1-15(2,9-24-17(22)23)14(21)16-11(12(18)19)8-25-13(20)10-6-4-3-5-7-10/h3-7,11H,8-9H2,1-2H3,(H,16,21)(H,18,19). The molecular weight excluding hydrogens is 352 g/mol. The largest absolute Gasteiger partial charge is 0.480 e. The molecule has 0 radical (unpaired) electrons. The van der Waals surface area contributed by atoms with Crippen molar-refractivity contribution in [3.63, 3.8) is 0 Å². The Kier molecular flexibility index (Phi) is 7.37. The van der Waals surface area contributed by atoms with Crippen LogP contribution in [0.15, 0.2) is 30.3 Å². The minimum Gasteiger partial charge on any atom is -0.480 e. The smallest absolute Gasteiger partial charge is 0.327 e. The number of benzene rings is 1. The second-order valence-corrected chi connectivity index (χ2v) is 6.70. The van der Waals surface area contributed by atoms with Gasteiger partial charge in [0.1, 0.15) is 12.6 Å². The molecule has 0 saturated carbocycles. The van der Waals surface area contributed by atoms with Crippen molar-refractivity contribution in [3.8, 4) is 0 Å². The monoisotopic (exact) mass is 370 g/mol. The van der Waals surface area contributed by atoms with E-state index in [1.165, 1.54) is 13.8 Å². The molecule has 0 fully saturated rings. The van der Waals surface area contributed by atoms with Gasteiger partial charge >= 0.3 is 5.97 Å². The molecule has 0 aromatic heterocycles. The highest BCUT2D eigenvalue weighted by Crippen LogP contribution is 2.18. The highest BCUT2D eigenvalue weighted by molar-refractivity contribution is 8.14. The van der Waals surface area contributed by atoms with Crippen molar-refractivity contribution in [2.75, 3.05) is 12.4 Å². The van der Waals surface area contributed by atoms with Crippen LogP contribution >= 0.6 is 11.8 Å². The van der Waals surface area contributed by atoms with E-state index in [0.29, 0.717) is 5.56 Å². The van der Waals surface area contributed by atoms with Gasteiger partial charge in [-0.25, -0.2) is 4.79 Å². The van der Waals surface area contributed by atoms with Crippen LogP contribution in [0.2, 0.25) is 0 Å². The Morgan fingerprint density at radius 2 is 1.92 bits per heavy atom. The fourth-order valence-electron chi connectivity index (χ4n) is 1.62. The summed E-state index contributed by atoms with van der Waals surface area (Å²) in [5, 5.41) is 20.4. The number of aliphatic carboxylic acids is 1. The minimum absolute atomic E-state index is 0.180. The second kappa shape index (κ2) is 9.02. The summed E-state index contributed by atoms with van der Waals surface area (Å²) in [5.74, 6) is -2.22. The van der Waals surface area contributed by atoms with Crippen LogP contribution in [0.4, 0.5) is 0 Å². The van der Waals surface area contributed by atoms with Crippen LogP contribution in [0.5, 0.6) is 0 Å². The number of thioether (sulfide) groups is 1. The molecule has 0 heterocycles. The first-order valence-corrected chi connectivity index (χ1v) is 8.15. The van der Waals surface area contributed by atoms with Crippen LogP contribution in [-0.2, 0) is 14.4 Å². The van der Waals surface area contributed by atoms with E-state index in [9.17, 15) is 29.6 Å². The van der Waals surface area contributed by atoms with Crippen LogP contribution < -0.4 is 5.32 Å². The Labute approximate surface area is 147 Å². The van der Waals surface area contributed by atoms with Gasteiger partial charge in [-0.05, 0) is 13.8 Å². The maximum absolute atomic E-state index is 12.1. The summed E-state index contributed by atoms with van der Waals surface area (Å²) in [6.07, 6.45) is 0. The van der Waals surface area contributed by atoms with Crippen LogP contribution in [0.25, 0.3) is 0 Å². The minimum atomic E-state index is -1.32. The van der Waals surface area contributed by atoms with E-state index in [1.807, 2.05) is 0 Å². The first-order valence-electron chi connectivity index (χ1n) is 7.17. The maximum Gasteiger partial charge on any atom is 0.327 e. The SMILES string of the molecule is CC(C)(CO[N+](=O)[O-])C(=O)NC(CSC(=O)c1ccccc1)C(=O)O. The molecule has 0 aliphatic carbocycles. The summed E-state index contributed by atoms with van der Waals surface area (Å²) in [5.41, 5.74) is -0.891. The predicted molar refractivity (Wildman–Crippen MR) is 89.5 cm³/mol. The molecule has 1 rings (SSSR count). The molecule has 9 nitrogen and oxygen atoms in total. The maximum atomic E-state index is 12.1. The van der Waals surface area contributed by atoms with Crippen molar-refractivity contribution in [1.29, 1.82) is 0 Å². The predicted octanol–water partition coefficient (Wildman–Crippen LogP) is 1.36. The fraction of sp³-hybridized carbons (Fsp3) is 0.400. The zero-order chi connectivity index (χ0) is 19.0. The van der Waals surface area contributed by atoms with Crippen LogP contribution in [0.1, 0.15) is 24.2 Å². The second-order valence-electron chi connectivity index (χ2n) is 5.71. The average molecular weight is 370 g/mol. The summed E-state index contributed by atoms with van der Waals surface area (Å²) in [6, 6.07) is 6.99. The van der Waals surface area contributed by atoms with Gasteiger partial charge in [-0.15, -0.1) is 10.1 Å². The van der Waals surface area contributed by atoms with E-state index in [1.54, 1.807) is 30.3 Å². The molecule has 1 unspecified atom stereocenters. The van der Waals surface area contributed by atoms with Crippen molar-refractivity contribution in [2.45, 2.75) is 19.9 Å². The van der Waals surface area contributed by atoms with Gasteiger partial charge in [0.2, 0.25) is 11.0 Å². The van der Waals surface area contributed by atoms with Gasteiger partial charge in [-0.3, -0.25) is 9.59 Å². The van der Waals surface area contributed by atoms with Crippen molar-refractivity contribution < 1.29 is 29.4 Å². The zero-order valence-corrected chi connectivity index (χ0v) is 14.4. The molecule has 0 spiro atoms. The van der Waals surface area contributed by atoms with Crippen molar-refractivity contribution in [1.82, 2.24) is 5.32 Å². The lowest BCUT2D eigenvalue weighted by molar-refractivity contribution is -0.760. The average Bonchev–Trinajstić information content (AvgIpc) is 2.56. The molecule has 136 valence electrons. The van der Waals surface area contributed by atoms with E-state index in [2.05, 4.69) is 10.2 Å². The van der Waals surface area contributed by atoms with Gasteiger partial charge in [0, 0.05) is 11.3 Å². The molecule has 2 N–H and O–H groups in total. The summed E-state index contributed by atoms with van der Waals surface area (Å²) >= 11 is 0.763. The highest BCUT2D eigenvalue weighted by Gasteiger charge is 2.33. The van der Waals surface area contributed by atoms with Gasteiger partial charge in [0.05, 0.1) is 5.41 Å². The number of hydrogen-bond acceptors (Lipinski definition) is 7. The van der Waals surface area contributed by atoms with E-state index in [0.717, 1.165) is 11.8 Å². The molecule has 1 amide bonds. The third-order valence-electron chi connectivity index (χ3n) is 3.14. The molecule has 10 heteroatoms. The number of nitrogens with one attached hydrogen (secondary N) is 1. The number of rotatable bonds is 9. The number of carbonyl (C=O) groups is 3. The molecule has 0 bridgehead atoms. The van der Waals surface area contributed by atoms with Crippen molar-refractivity contribution in [3.05, 3.63) is 46.0 Å². The van der Waals surface area contributed by atoms with Crippen LogP contribution in [0, 0.1) is 15.5 Å². The third-order valence-corrected chi connectivity index (χ3v) is 4.14. The number of nitrogens with zero attached hydrogens (tertiary/aromatic N) is 1. The lowest BCUT2D eigenvalue weighted by Gasteiger charge is -2.24. The Bertz CT molecular complexity index is 649. The summed E-state index contributed by atoms with van der Waals surface area (Å²) in [7, 11) is 0. The molecule has 0 aliphatic rings. The summed E-state index contributed by atoms with van der Waals surface area (Å²) < 4.78 is 0. The first kappa shape index (κ1) is 20.4. The van der Waals surface area contributed by atoms with Gasteiger partial charge in [0.15, 0.2) is 0 Å². The third kappa shape index (κ3) is 6.79. The number of carboxylic acids is 1. The normalized spacial score (nSPS) is 12.1. The van der Waals surface area contributed by atoms with Gasteiger partial charge in [0.25, 0.3) is 5.09 Å². The summed E-state index contributed by atoms with van der Waals surface area (Å²) in [6.45, 7) is 2.24. The number of carboxylic acid groups (broad SMARTS) is 1. The Morgan fingerprint density at radius 1 is 1.32 bits per heavy atom. The van der Waals surface area contributed by atoms with Crippen molar-refractivity contribution in [2.24, 2.45) is 5.41 Å². The molecular formula is C15H18N2O7S. The molecule has 1 aromatic rings. The number of carbonyl (C=O) groups excluding carboxylic acids is 2. The Hall–Kier alpha value is -2.62. The molecule has 0 saturated heterocycles. The zero-order valence-electron chi connectivity index (χ0n) is 13.6. The number of amides is 1. The molecule has 1 atom stereocenters. The van der Waals surface area contributed by atoms with E-state index >= 15 is 0 Å². The number of hydrogen-bond donors (Lipinski definition) is 2. The Morgan fingerprint density at radius 3 is 2.44 bits per heavy atom. The van der Waals surface area contributed by atoms with Crippen LogP contribution in [0.3, 0.4) is 0 Å². The lowest BCUT2D eigenvalue weighted by atomic mass is 9.93. The highest BCUT2D eigenvalue weighted by atomic mass is 32.2. The van der Waals surface area contributed by atoms with Gasteiger partial charge in [-0.1, -0.05) is 42.1 Å². The molecule has 0 aliphatic heterocycles. The first-order chi connectivity index (χ1) is 11.6. The Balaban J connectivity index is 2.65. The van der Waals surface area contributed by atoms with Crippen molar-refractivity contribution >= 4 is 28.8 Å². The molecule has 1 aromatic carbocycles. The molecule has 25 heavy (non-hydrogen) atoms. The van der Waals surface area contributed by atoms with Gasteiger partial charge < -0.3 is 15.3 Å². The fourth-order valence-corrected chi connectivity index (χ4v) is 2.47. The van der Waals surface area contributed by atoms with E-state index in [4.69, 9.17) is 0 Å².